The zero-order valence-electron chi connectivity index (χ0n) is 9.69. The summed E-state index contributed by atoms with van der Waals surface area (Å²) in [5.74, 6) is -0.233. The van der Waals surface area contributed by atoms with Crippen LogP contribution in [0.25, 0.3) is 0 Å². The van der Waals surface area contributed by atoms with Crippen LogP contribution in [0.1, 0.15) is 20.8 Å². The van der Waals surface area contributed by atoms with Crippen LogP contribution in [0.4, 0.5) is 13.2 Å². The monoisotopic (exact) mass is 238 g/mol. The number of piperazine rings is 1. The Hall–Kier alpha value is -0.780. The van der Waals surface area contributed by atoms with E-state index >= 15 is 0 Å². The Bertz CT molecular complexity index is 270. The van der Waals surface area contributed by atoms with Crippen LogP contribution in [0.15, 0.2) is 0 Å². The minimum atomic E-state index is -4.29. The van der Waals surface area contributed by atoms with Gasteiger partial charge in [0.15, 0.2) is 0 Å². The Labute approximate surface area is 93.0 Å². The van der Waals surface area contributed by atoms with E-state index in [-0.39, 0.29) is 19.0 Å². The molecule has 0 aromatic carbocycles. The van der Waals surface area contributed by atoms with Crippen molar-refractivity contribution in [2.24, 2.45) is 5.41 Å². The normalized spacial score (nSPS) is 23.4. The topological polar surface area (TPSA) is 32.3 Å². The number of hydrogen-bond acceptors (Lipinski definition) is 2. The Morgan fingerprint density at radius 2 is 1.88 bits per heavy atom. The molecule has 1 aliphatic rings. The summed E-state index contributed by atoms with van der Waals surface area (Å²) < 4.78 is 37.4. The third kappa shape index (κ3) is 3.10. The van der Waals surface area contributed by atoms with Gasteiger partial charge in [0.1, 0.15) is 6.04 Å². The van der Waals surface area contributed by atoms with Gasteiger partial charge in [0, 0.05) is 25.0 Å². The van der Waals surface area contributed by atoms with Gasteiger partial charge in [-0.2, -0.15) is 13.2 Å². The van der Waals surface area contributed by atoms with E-state index < -0.39 is 17.6 Å². The van der Waals surface area contributed by atoms with Crippen molar-refractivity contribution in [3.8, 4) is 0 Å². The lowest BCUT2D eigenvalue weighted by molar-refractivity contribution is -0.170. The van der Waals surface area contributed by atoms with Crippen molar-refractivity contribution < 1.29 is 18.0 Å². The molecule has 0 spiro atoms. The molecule has 3 nitrogen and oxygen atoms in total. The zero-order chi connectivity index (χ0) is 12.6. The van der Waals surface area contributed by atoms with Gasteiger partial charge in [-0.3, -0.25) is 4.79 Å². The molecule has 1 fully saturated rings. The first-order valence-corrected chi connectivity index (χ1v) is 5.22. The highest BCUT2D eigenvalue weighted by molar-refractivity contribution is 5.81. The van der Waals surface area contributed by atoms with Crippen molar-refractivity contribution in [1.29, 1.82) is 0 Å². The van der Waals surface area contributed by atoms with E-state index in [2.05, 4.69) is 5.32 Å². The lowest BCUT2D eigenvalue weighted by Gasteiger charge is -2.37. The summed E-state index contributed by atoms with van der Waals surface area (Å²) in [4.78, 5) is 13.1. The SMILES string of the molecule is CC(C)(C)C(=O)N1CCNC(C(F)(F)F)C1. The summed E-state index contributed by atoms with van der Waals surface area (Å²) in [5, 5.41) is 2.38. The average Bonchev–Trinajstić information content (AvgIpc) is 2.14. The highest BCUT2D eigenvalue weighted by Crippen LogP contribution is 2.25. The Balaban J connectivity index is 2.68. The summed E-state index contributed by atoms with van der Waals surface area (Å²) in [6.45, 7) is 5.36. The summed E-state index contributed by atoms with van der Waals surface area (Å²) in [7, 11) is 0. The molecule has 1 amide bonds. The van der Waals surface area contributed by atoms with Gasteiger partial charge in [-0.05, 0) is 0 Å². The lowest BCUT2D eigenvalue weighted by atomic mass is 9.94. The second-order valence-electron chi connectivity index (χ2n) is 5.05. The van der Waals surface area contributed by atoms with Gasteiger partial charge in [-0.1, -0.05) is 20.8 Å². The van der Waals surface area contributed by atoms with E-state index in [1.807, 2.05) is 0 Å². The molecule has 1 N–H and O–H groups in total. The largest absolute Gasteiger partial charge is 0.405 e. The lowest BCUT2D eigenvalue weighted by Crippen LogP contribution is -2.59. The van der Waals surface area contributed by atoms with Gasteiger partial charge >= 0.3 is 6.18 Å². The number of hydrogen-bond donors (Lipinski definition) is 1. The third-order valence-electron chi connectivity index (χ3n) is 2.50. The maximum absolute atomic E-state index is 12.5. The molecule has 0 aromatic heterocycles. The molecule has 1 saturated heterocycles. The number of amides is 1. The van der Waals surface area contributed by atoms with E-state index in [9.17, 15) is 18.0 Å². The van der Waals surface area contributed by atoms with Crippen LogP contribution < -0.4 is 5.32 Å². The van der Waals surface area contributed by atoms with E-state index in [1.165, 1.54) is 4.90 Å². The van der Waals surface area contributed by atoms with Crippen molar-refractivity contribution in [3.05, 3.63) is 0 Å². The van der Waals surface area contributed by atoms with Crippen LogP contribution in [0.5, 0.6) is 0 Å². The average molecular weight is 238 g/mol. The van der Waals surface area contributed by atoms with Gasteiger partial charge in [0.25, 0.3) is 0 Å². The van der Waals surface area contributed by atoms with Crippen LogP contribution in [0, 0.1) is 5.41 Å². The van der Waals surface area contributed by atoms with E-state index in [1.54, 1.807) is 20.8 Å². The highest BCUT2D eigenvalue weighted by atomic mass is 19.4. The Morgan fingerprint density at radius 1 is 1.31 bits per heavy atom. The van der Waals surface area contributed by atoms with Crippen LogP contribution >= 0.6 is 0 Å². The van der Waals surface area contributed by atoms with Crippen LogP contribution in [0.2, 0.25) is 0 Å². The third-order valence-corrected chi connectivity index (χ3v) is 2.50. The van der Waals surface area contributed by atoms with Crippen molar-refractivity contribution in [2.75, 3.05) is 19.6 Å². The predicted octanol–water partition coefficient (Wildman–Crippen LogP) is 1.40. The molecular formula is C10H17F3N2O. The Kier molecular flexibility index (Phi) is 3.52. The van der Waals surface area contributed by atoms with Gasteiger partial charge in [0.05, 0.1) is 0 Å². The van der Waals surface area contributed by atoms with Gasteiger partial charge in [-0.15, -0.1) is 0 Å². The highest BCUT2D eigenvalue weighted by Gasteiger charge is 2.43. The summed E-state index contributed by atoms with van der Waals surface area (Å²) in [5.41, 5.74) is -0.631. The van der Waals surface area contributed by atoms with Crippen LogP contribution in [0.3, 0.4) is 0 Å². The molecule has 1 atom stereocenters. The number of halogens is 3. The fourth-order valence-electron chi connectivity index (χ4n) is 1.63. The summed E-state index contributed by atoms with van der Waals surface area (Å²) >= 11 is 0. The number of carbonyl (C=O) groups is 1. The molecule has 0 aromatic rings. The molecule has 0 bridgehead atoms. The molecule has 1 unspecified atom stereocenters. The summed E-state index contributed by atoms with van der Waals surface area (Å²) in [6.07, 6.45) is -4.29. The number of alkyl halides is 3. The van der Waals surface area contributed by atoms with Crippen molar-refractivity contribution >= 4 is 5.91 Å². The fourth-order valence-corrected chi connectivity index (χ4v) is 1.63. The standard InChI is InChI=1S/C10H17F3N2O/c1-9(2,3)8(16)15-5-4-14-7(6-15)10(11,12)13/h7,14H,4-6H2,1-3H3. The maximum Gasteiger partial charge on any atom is 0.405 e. The Morgan fingerprint density at radius 3 is 2.31 bits per heavy atom. The van der Waals surface area contributed by atoms with Gasteiger partial charge in [-0.25, -0.2) is 0 Å². The first-order valence-electron chi connectivity index (χ1n) is 5.22. The molecule has 0 aliphatic carbocycles. The number of nitrogens with one attached hydrogen (secondary N) is 1. The van der Waals surface area contributed by atoms with Gasteiger partial charge < -0.3 is 10.2 Å². The van der Waals surface area contributed by atoms with Crippen LogP contribution in [-0.2, 0) is 4.79 Å². The van der Waals surface area contributed by atoms with E-state index in [0.29, 0.717) is 6.54 Å². The molecule has 1 heterocycles. The molecule has 0 radical (unpaired) electrons. The second-order valence-corrected chi connectivity index (χ2v) is 5.05. The quantitative estimate of drug-likeness (QED) is 0.691. The molecule has 1 rings (SSSR count). The van der Waals surface area contributed by atoms with Crippen molar-refractivity contribution in [1.82, 2.24) is 10.2 Å². The maximum atomic E-state index is 12.5. The first kappa shape index (κ1) is 13.3. The van der Waals surface area contributed by atoms with E-state index in [4.69, 9.17) is 0 Å². The van der Waals surface area contributed by atoms with Crippen molar-refractivity contribution in [3.63, 3.8) is 0 Å². The molecule has 6 heteroatoms. The smallest absolute Gasteiger partial charge is 0.339 e. The minimum absolute atomic E-state index is 0.187. The van der Waals surface area contributed by atoms with Crippen LogP contribution in [-0.4, -0.2) is 42.7 Å². The molecule has 0 saturated carbocycles. The molecule has 1 aliphatic heterocycles. The number of rotatable bonds is 0. The van der Waals surface area contributed by atoms with Crippen molar-refractivity contribution in [2.45, 2.75) is 33.0 Å². The van der Waals surface area contributed by atoms with Gasteiger partial charge in [0.2, 0.25) is 5.91 Å². The molecule has 94 valence electrons. The molecular weight excluding hydrogens is 221 g/mol. The first-order chi connectivity index (χ1) is 7.12. The zero-order valence-corrected chi connectivity index (χ0v) is 9.69. The van der Waals surface area contributed by atoms with E-state index in [0.717, 1.165) is 0 Å². The summed E-state index contributed by atoms with van der Waals surface area (Å²) in [6, 6.07) is -1.60. The number of nitrogens with zero attached hydrogens (tertiary/aromatic N) is 1. The second kappa shape index (κ2) is 4.24. The minimum Gasteiger partial charge on any atom is -0.339 e. The number of carbonyl (C=O) groups excluding carboxylic acids is 1. The molecule has 16 heavy (non-hydrogen) atoms. The predicted molar refractivity (Wildman–Crippen MR) is 53.9 cm³/mol. The fraction of sp³-hybridized carbons (Fsp3) is 0.900.